The second kappa shape index (κ2) is 9.37. The minimum atomic E-state index is -0.219. The summed E-state index contributed by atoms with van der Waals surface area (Å²) in [6.45, 7) is 1.64. The summed E-state index contributed by atoms with van der Waals surface area (Å²) >= 11 is 0. The molecule has 1 aliphatic rings. The summed E-state index contributed by atoms with van der Waals surface area (Å²) in [5.41, 5.74) is 0.807. The number of methoxy groups -OCH3 is 1. The molecular formula is C18H27N3O3. The SMILES string of the molecule is COCC(c1ccccn1)N(C)C(=O)CCN1CCCCCC1=O. The van der Waals surface area contributed by atoms with Gasteiger partial charge in [0.1, 0.15) is 0 Å². The third-order valence-electron chi connectivity index (χ3n) is 4.48. The van der Waals surface area contributed by atoms with Crippen molar-refractivity contribution in [3.63, 3.8) is 0 Å². The first-order chi connectivity index (χ1) is 11.6. The lowest BCUT2D eigenvalue weighted by molar-refractivity contribution is -0.135. The molecule has 0 saturated carbocycles. The van der Waals surface area contributed by atoms with Crippen LogP contribution in [0, 0.1) is 0 Å². The van der Waals surface area contributed by atoms with Crippen molar-refractivity contribution >= 4 is 11.8 Å². The lowest BCUT2D eigenvalue weighted by atomic mass is 10.1. The van der Waals surface area contributed by atoms with Gasteiger partial charge in [0.15, 0.2) is 0 Å². The molecule has 6 heteroatoms. The fraction of sp³-hybridized carbons (Fsp3) is 0.611. The van der Waals surface area contributed by atoms with E-state index in [4.69, 9.17) is 4.74 Å². The maximum absolute atomic E-state index is 12.6. The first-order valence-electron chi connectivity index (χ1n) is 8.56. The molecule has 6 nitrogen and oxygen atoms in total. The van der Waals surface area contributed by atoms with E-state index in [1.807, 2.05) is 23.1 Å². The van der Waals surface area contributed by atoms with Crippen LogP contribution in [0.5, 0.6) is 0 Å². The molecule has 0 spiro atoms. The summed E-state index contributed by atoms with van der Waals surface area (Å²) in [5.74, 6) is 0.167. The molecule has 132 valence electrons. The first kappa shape index (κ1) is 18.4. The van der Waals surface area contributed by atoms with Crippen LogP contribution >= 0.6 is 0 Å². The van der Waals surface area contributed by atoms with E-state index in [1.165, 1.54) is 0 Å². The summed E-state index contributed by atoms with van der Waals surface area (Å²) < 4.78 is 5.26. The molecule has 1 unspecified atom stereocenters. The van der Waals surface area contributed by atoms with E-state index in [1.54, 1.807) is 25.3 Å². The highest BCUT2D eigenvalue weighted by atomic mass is 16.5. The number of amides is 2. The molecule has 1 aromatic rings. The largest absolute Gasteiger partial charge is 0.382 e. The van der Waals surface area contributed by atoms with E-state index in [2.05, 4.69) is 4.98 Å². The molecule has 0 aliphatic carbocycles. The van der Waals surface area contributed by atoms with Crippen LogP contribution in [-0.2, 0) is 14.3 Å². The van der Waals surface area contributed by atoms with Crippen molar-refractivity contribution in [3.8, 4) is 0 Å². The average Bonchev–Trinajstić information content (AvgIpc) is 2.82. The standard InChI is InChI=1S/C18H27N3O3/c1-20(16(14-24-2)15-8-5-6-11-19-15)17(22)10-13-21-12-7-3-4-9-18(21)23/h5-6,8,11,16H,3-4,7,9-10,12-14H2,1-2H3. The molecular weight excluding hydrogens is 306 g/mol. The number of hydrogen-bond donors (Lipinski definition) is 0. The highest BCUT2D eigenvalue weighted by Crippen LogP contribution is 2.19. The minimum absolute atomic E-state index is 0.000231. The number of likely N-dealkylation sites (tertiary alicyclic amines) is 1. The zero-order valence-electron chi connectivity index (χ0n) is 14.6. The van der Waals surface area contributed by atoms with Gasteiger partial charge in [-0.25, -0.2) is 0 Å². The quantitative estimate of drug-likeness (QED) is 0.766. The number of rotatable bonds is 7. The molecule has 0 aromatic carbocycles. The van der Waals surface area contributed by atoms with Gasteiger partial charge in [-0.05, 0) is 25.0 Å². The van der Waals surface area contributed by atoms with Crippen LogP contribution in [0.4, 0.5) is 0 Å². The van der Waals surface area contributed by atoms with Crippen LogP contribution in [-0.4, -0.2) is 60.5 Å². The van der Waals surface area contributed by atoms with Gasteiger partial charge >= 0.3 is 0 Å². The molecule has 0 radical (unpaired) electrons. The summed E-state index contributed by atoms with van der Waals surface area (Å²) in [5, 5.41) is 0. The number of likely N-dealkylation sites (N-methyl/N-ethyl adjacent to an activating group) is 1. The van der Waals surface area contributed by atoms with Crippen molar-refractivity contribution in [2.75, 3.05) is 33.9 Å². The Kier molecular flexibility index (Phi) is 7.18. The maximum Gasteiger partial charge on any atom is 0.224 e. The van der Waals surface area contributed by atoms with Crippen LogP contribution in [0.2, 0.25) is 0 Å². The molecule has 0 bridgehead atoms. The summed E-state index contributed by atoms with van der Waals surface area (Å²) in [4.78, 5) is 32.4. The van der Waals surface area contributed by atoms with Gasteiger partial charge < -0.3 is 14.5 Å². The van der Waals surface area contributed by atoms with Gasteiger partial charge in [-0.2, -0.15) is 0 Å². The highest BCUT2D eigenvalue weighted by molar-refractivity contribution is 5.79. The van der Waals surface area contributed by atoms with Gasteiger partial charge in [0.25, 0.3) is 0 Å². The van der Waals surface area contributed by atoms with E-state index in [0.717, 1.165) is 31.5 Å². The monoisotopic (exact) mass is 333 g/mol. The van der Waals surface area contributed by atoms with Gasteiger partial charge in [0, 0.05) is 46.3 Å². The Bertz CT molecular complexity index is 536. The predicted octanol–water partition coefficient (Wildman–Crippen LogP) is 2.02. The summed E-state index contributed by atoms with van der Waals surface area (Å²) in [6, 6.07) is 5.43. The zero-order valence-corrected chi connectivity index (χ0v) is 14.6. The second-order valence-corrected chi connectivity index (χ2v) is 6.17. The van der Waals surface area contributed by atoms with Gasteiger partial charge in [-0.3, -0.25) is 14.6 Å². The van der Waals surface area contributed by atoms with E-state index >= 15 is 0 Å². The Morgan fingerprint density at radius 1 is 1.38 bits per heavy atom. The summed E-state index contributed by atoms with van der Waals surface area (Å²) in [7, 11) is 3.38. The zero-order chi connectivity index (χ0) is 17.4. The molecule has 24 heavy (non-hydrogen) atoms. The molecule has 2 rings (SSSR count). The van der Waals surface area contributed by atoms with Gasteiger partial charge in [-0.1, -0.05) is 12.5 Å². The molecule has 2 amide bonds. The molecule has 1 aromatic heterocycles. The molecule has 1 aliphatic heterocycles. The van der Waals surface area contributed by atoms with E-state index in [9.17, 15) is 9.59 Å². The van der Waals surface area contributed by atoms with Gasteiger partial charge in [-0.15, -0.1) is 0 Å². The van der Waals surface area contributed by atoms with Gasteiger partial charge in [0.2, 0.25) is 11.8 Å². The van der Waals surface area contributed by atoms with Crippen molar-refractivity contribution in [1.82, 2.24) is 14.8 Å². The fourth-order valence-electron chi connectivity index (χ4n) is 2.98. The van der Waals surface area contributed by atoms with E-state index in [-0.39, 0.29) is 17.9 Å². The average molecular weight is 333 g/mol. The van der Waals surface area contributed by atoms with Crippen molar-refractivity contribution in [2.24, 2.45) is 0 Å². The normalized spacial score (nSPS) is 16.6. The van der Waals surface area contributed by atoms with Crippen LogP contribution in [0.1, 0.15) is 43.8 Å². The molecule has 2 heterocycles. The van der Waals surface area contributed by atoms with Crippen molar-refractivity contribution < 1.29 is 14.3 Å². The molecule has 1 fully saturated rings. The Balaban J connectivity index is 1.95. The number of aromatic nitrogens is 1. The Hall–Kier alpha value is -1.95. The number of ether oxygens (including phenoxy) is 1. The predicted molar refractivity (Wildman–Crippen MR) is 91.3 cm³/mol. The van der Waals surface area contributed by atoms with E-state index < -0.39 is 0 Å². The first-order valence-corrected chi connectivity index (χ1v) is 8.56. The fourth-order valence-corrected chi connectivity index (χ4v) is 2.98. The molecule has 1 saturated heterocycles. The van der Waals surface area contributed by atoms with E-state index in [0.29, 0.717) is 26.0 Å². The number of hydrogen-bond acceptors (Lipinski definition) is 4. The maximum atomic E-state index is 12.6. The number of nitrogens with zero attached hydrogens (tertiary/aromatic N) is 3. The Labute approximate surface area is 143 Å². The number of carbonyl (C=O) groups is 2. The van der Waals surface area contributed by atoms with Crippen LogP contribution in [0.25, 0.3) is 0 Å². The molecule has 1 atom stereocenters. The lowest BCUT2D eigenvalue weighted by Crippen LogP contribution is -2.38. The Morgan fingerprint density at radius 3 is 2.92 bits per heavy atom. The third kappa shape index (κ3) is 5.03. The number of pyridine rings is 1. The van der Waals surface area contributed by atoms with Crippen LogP contribution < -0.4 is 0 Å². The topological polar surface area (TPSA) is 62.7 Å². The molecule has 0 N–H and O–H groups in total. The smallest absolute Gasteiger partial charge is 0.224 e. The highest BCUT2D eigenvalue weighted by Gasteiger charge is 2.24. The van der Waals surface area contributed by atoms with Crippen LogP contribution in [0.3, 0.4) is 0 Å². The van der Waals surface area contributed by atoms with Crippen LogP contribution in [0.15, 0.2) is 24.4 Å². The van der Waals surface area contributed by atoms with Crippen molar-refractivity contribution in [1.29, 1.82) is 0 Å². The number of carbonyl (C=O) groups excluding carboxylic acids is 2. The third-order valence-corrected chi connectivity index (χ3v) is 4.48. The van der Waals surface area contributed by atoms with Crippen molar-refractivity contribution in [3.05, 3.63) is 30.1 Å². The minimum Gasteiger partial charge on any atom is -0.382 e. The van der Waals surface area contributed by atoms with Crippen molar-refractivity contribution in [2.45, 2.75) is 38.1 Å². The van der Waals surface area contributed by atoms with Gasteiger partial charge in [0.05, 0.1) is 18.3 Å². The lowest BCUT2D eigenvalue weighted by Gasteiger charge is -2.28. The summed E-state index contributed by atoms with van der Waals surface area (Å²) in [6.07, 6.45) is 5.71. The Morgan fingerprint density at radius 2 is 2.21 bits per heavy atom. The second-order valence-electron chi connectivity index (χ2n) is 6.17.